The molecule has 0 radical (unpaired) electrons. The molecule has 1 saturated carbocycles. The number of benzene rings is 2. The quantitative estimate of drug-likeness (QED) is 0.768. The van der Waals surface area contributed by atoms with Crippen LogP contribution in [0.4, 0.5) is 0 Å². The molecule has 2 fully saturated rings. The Kier molecular flexibility index (Phi) is 4.66. The average molecular weight is 367 g/mol. The van der Waals surface area contributed by atoms with Gasteiger partial charge in [-0.2, -0.15) is 0 Å². The number of aromatic hydroxyl groups is 1. The molecule has 0 unspecified atom stereocenters. The van der Waals surface area contributed by atoms with Crippen LogP contribution in [-0.2, 0) is 6.42 Å². The largest absolute Gasteiger partial charge is 0.508 e. The highest BCUT2D eigenvalue weighted by atomic mass is 16.5. The number of Topliss-reactive ketones (excluding diaryl/α,β-unsaturated/α-hetero) is 1. The van der Waals surface area contributed by atoms with E-state index < -0.39 is 5.60 Å². The number of phenolic OH excluding ortho intramolecular Hbond substituents is 1. The highest BCUT2D eigenvalue weighted by molar-refractivity contribution is 5.97. The van der Waals surface area contributed by atoms with Gasteiger partial charge in [0.15, 0.2) is 5.78 Å². The Morgan fingerprint density at radius 3 is 2.74 bits per heavy atom. The molecule has 3 atom stereocenters. The van der Waals surface area contributed by atoms with Gasteiger partial charge >= 0.3 is 0 Å². The predicted molar refractivity (Wildman–Crippen MR) is 102 cm³/mol. The van der Waals surface area contributed by atoms with E-state index in [2.05, 4.69) is 4.90 Å². The van der Waals surface area contributed by atoms with Crippen molar-refractivity contribution in [3.63, 3.8) is 0 Å². The molecule has 4 rings (SSSR count). The van der Waals surface area contributed by atoms with Crippen LogP contribution in [0, 0.1) is 11.8 Å². The molecule has 2 aliphatic rings. The summed E-state index contributed by atoms with van der Waals surface area (Å²) in [5.41, 5.74) is 0.987. The van der Waals surface area contributed by atoms with Crippen LogP contribution in [0.15, 0.2) is 48.5 Å². The Labute approximate surface area is 159 Å². The number of aliphatic hydroxyl groups is 1. The number of nitrogens with zero attached hydrogens (tertiary/aromatic N) is 1. The molecule has 1 aliphatic carbocycles. The minimum Gasteiger partial charge on any atom is -0.508 e. The summed E-state index contributed by atoms with van der Waals surface area (Å²) in [6.45, 7) is 1.96. The van der Waals surface area contributed by atoms with Crippen molar-refractivity contribution in [1.82, 2.24) is 4.90 Å². The summed E-state index contributed by atoms with van der Waals surface area (Å²) in [5, 5.41) is 20.5. The predicted octanol–water partition coefficient (Wildman–Crippen LogP) is 2.51. The van der Waals surface area contributed by atoms with Crippen molar-refractivity contribution >= 4 is 5.78 Å². The van der Waals surface area contributed by atoms with E-state index in [9.17, 15) is 15.0 Å². The minimum absolute atomic E-state index is 0.0487. The first kappa shape index (κ1) is 18.0. The van der Waals surface area contributed by atoms with Crippen LogP contribution < -0.4 is 4.74 Å². The summed E-state index contributed by atoms with van der Waals surface area (Å²) >= 11 is 0. The second kappa shape index (κ2) is 6.98. The van der Waals surface area contributed by atoms with E-state index in [1.54, 1.807) is 19.2 Å². The number of fused-ring (bicyclic) bond motifs is 1. The van der Waals surface area contributed by atoms with Gasteiger partial charge in [-0.25, -0.2) is 0 Å². The van der Waals surface area contributed by atoms with Crippen LogP contribution in [0.5, 0.6) is 11.5 Å². The van der Waals surface area contributed by atoms with Gasteiger partial charge in [0, 0.05) is 31.0 Å². The number of phenols is 1. The maximum absolute atomic E-state index is 12.5. The van der Waals surface area contributed by atoms with Crippen LogP contribution in [-0.4, -0.2) is 53.2 Å². The van der Waals surface area contributed by atoms with Crippen molar-refractivity contribution in [2.24, 2.45) is 11.8 Å². The Morgan fingerprint density at radius 2 is 2.00 bits per heavy atom. The van der Waals surface area contributed by atoms with Crippen molar-refractivity contribution in [1.29, 1.82) is 0 Å². The van der Waals surface area contributed by atoms with Gasteiger partial charge in [0.1, 0.15) is 11.5 Å². The lowest BCUT2D eigenvalue weighted by Gasteiger charge is -2.48. The molecule has 0 aromatic heterocycles. The summed E-state index contributed by atoms with van der Waals surface area (Å²) in [6.07, 6.45) is 1.39. The molecule has 2 N–H and O–H groups in total. The maximum atomic E-state index is 12.5. The topological polar surface area (TPSA) is 70.0 Å². The molecule has 0 spiro atoms. The molecular formula is C22H25NO4. The molecular weight excluding hydrogens is 342 g/mol. The lowest BCUT2D eigenvalue weighted by molar-refractivity contribution is -0.116. The third-order valence-electron chi connectivity index (χ3n) is 6.02. The van der Waals surface area contributed by atoms with E-state index in [4.69, 9.17) is 4.74 Å². The van der Waals surface area contributed by atoms with Gasteiger partial charge in [0.2, 0.25) is 0 Å². The first-order valence-electron chi connectivity index (χ1n) is 9.37. The van der Waals surface area contributed by atoms with Gasteiger partial charge in [-0.15, -0.1) is 0 Å². The zero-order valence-electron chi connectivity index (χ0n) is 15.5. The van der Waals surface area contributed by atoms with Crippen LogP contribution in [0.2, 0.25) is 0 Å². The molecule has 27 heavy (non-hydrogen) atoms. The Hall–Kier alpha value is -2.37. The Morgan fingerprint density at radius 1 is 1.22 bits per heavy atom. The number of methoxy groups -OCH3 is 1. The van der Waals surface area contributed by atoms with Gasteiger partial charge in [-0.1, -0.05) is 12.1 Å². The zero-order valence-corrected chi connectivity index (χ0v) is 15.5. The fraction of sp³-hybridized carbons (Fsp3) is 0.409. The molecule has 1 saturated heterocycles. The third-order valence-corrected chi connectivity index (χ3v) is 6.02. The van der Waals surface area contributed by atoms with E-state index in [0.717, 1.165) is 30.8 Å². The minimum atomic E-state index is -0.701. The molecule has 5 nitrogen and oxygen atoms in total. The van der Waals surface area contributed by atoms with E-state index in [0.29, 0.717) is 24.4 Å². The first-order chi connectivity index (χ1) is 13.0. The lowest BCUT2D eigenvalue weighted by Crippen LogP contribution is -2.55. The van der Waals surface area contributed by atoms with E-state index >= 15 is 0 Å². The van der Waals surface area contributed by atoms with E-state index in [1.807, 2.05) is 24.3 Å². The standard InChI is InChI=1S/C22H25NO4/c1-27-19-4-2-3-15(9-19)10-22(26)11-17-12-23(13-20(17)22)14-21(25)16-5-7-18(24)8-6-16/h2-9,17,20,24,26H,10-14H2,1H3/t17-,20+,22-/m1/s1. The van der Waals surface area contributed by atoms with Gasteiger partial charge in [0.05, 0.1) is 19.3 Å². The first-order valence-corrected chi connectivity index (χ1v) is 9.37. The average Bonchev–Trinajstić information content (AvgIpc) is 3.00. The van der Waals surface area contributed by atoms with Crippen molar-refractivity contribution in [2.45, 2.75) is 18.4 Å². The Bertz CT molecular complexity index is 834. The summed E-state index contributed by atoms with van der Waals surface area (Å²) in [6, 6.07) is 14.2. The second-order valence-electron chi connectivity index (χ2n) is 7.87. The van der Waals surface area contributed by atoms with Crippen molar-refractivity contribution in [2.75, 3.05) is 26.7 Å². The summed E-state index contributed by atoms with van der Waals surface area (Å²) < 4.78 is 5.27. The van der Waals surface area contributed by atoms with Crippen LogP contribution in [0.1, 0.15) is 22.3 Å². The lowest BCUT2D eigenvalue weighted by atomic mass is 9.61. The van der Waals surface area contributed by atoms with Gasteiger partial charge in [-0.3, -0.25) is 9.69 Å². The number of carbonyl (C=O) groups excluding carboxylic acids is 1. The van der Waals surface area contributed by atoms with E-state index in [-0.39, 0.29) is 17.5 Å². The summed E-state index contributed by atoms with van der Waals surface area (Å²) in [5.74, 6) is 1.67. The third kappa shape index (κ3) is 3.57. The fourth-order valence-electron chi connectivity index (χ4n) is 4.63. The molecule has 142 valence electrons. The van der Waals surface area contributed by atoms with Crippen LogP contribution >= 0.6 is 0 Å². The maximum Gasteiger partial charge on any atom is 0.176 e. The van der Waals surface area contributed by atoms with Crippen molar-refractivity contribution < 1.29 is 19.7 Å². The summed E-state index contributed by atoms with van der Waals surface area (Å²) in [4.78, 5) is 14.6. The van der Waals surface area contributed by atoms with Crippen LogP contribution in [0.25, 0.3) is 0 Å². The molecule has 1 aliphatic heterocycles. The van der Waals surface area contributed by atoms with Crippen LogP contribution in [0.3, 0.4) is 0 Å². The molecule has 0 amide bonds. The number of ether oxygens (including phenoxy) is 1. The van der Waals surface area contributed by atoms with Gasteiger partial charge in [-0.05, 0) is 54.3 Å². The molecule has 2 aromatic rings. The number of ketones is 1. The molecule has 1 heterocycles. The number of likely N-dealkylation sites (tertiary alicyclic amines) is 1. The van der Waals surface area contributed by atoms with E-state index in [1.165, 1.54) is 12.1 Å². The normalized spacial score (nSPS) is 27.0. The second-order valence-corrected chi connectivity index (χ2v) is 7.87. The Balaban J connectivity index is 1.37. The SMILES string of the molecule is COc1cccc(C[C@@]2(O)C[C@@H]3CN(CC(=O)c4ccc(O)cc4)C[C@@H]32)c1. The number of rotatable bonds is 6. The van der Waals surface area contributed by atoms with Crippen molar-refractivity contribution in [3.05, 3.63) is 59.7 Å². The van der Waals surface area contributed by atoms with Gasteiger partial charge in [0.25, 0.3) is 0 Å². The molecule has 5 heteroatoms. The number of hydrogen-bond donors (Lipinski definition) is 2. The van der Waals surface area contributed by atoms with Gasteiger partial charge < -0.3 is 14.9 Å². The summed E-state index contributed by atoms with van der Waals surface area (Å²) in [7, 11) is 1.65. The zero-order chi connectivity index (χ0) is 19.0. The number of hydrogen-bond acceptors (Lipinski definition) is 5. The molecule has 0 bridgehead atoms. The molecule has 2 aromatic carbocycles. The highest BCUT2D eigenvalue weighted by Crippen LogP contribution is 2.50. The fourth-order valence-corrected chi connectivity index (χ4v) is 4.63. The monoisotopic (exact) mass is 367 g/mol. The van der Waals surface area contributed by atoms with Crippen molar-refractivity contribution in [3.8, 4) is 11.5 Å². The highest BCUT2D eigenvalue weighted by Gasteiger charge is 2.56. The smallest absolute Gasteiger partial charge is 0.176 e. The number of carbonyl (C=O) groups is 1.